The average molecular weight is 107 g/mol. The average Bonchev–Trinajstić information content (AvgIpc) is 2.23. The molecule has 1 nitrogen and oxygen atoms in total. The van der Waals surface area contributed by atoms with Crippen molar-refractivity contribution in [1.29, 1.82) is 0 Å². The van der Waals surface area contributed by atoms with Gasteiger partial charge in [-0.25, -0.2) is 0 Å². The first-order chi connectivity index (χ1) is 3.88. The standard InChI is InChI=1S/C7H7O/c8-7-3-1-4-5(2-3)6(4)7/h1,3-6H,2H2. The van der Waals surface area contributed by atoms with Crippen LogP contribution in [-0.2, 0) is 4.79 Å². The van der Waals surface area contributed by atoms with Gasteiger partial charge in [-0.15, -0.1) is 0 Å². The molecule has 0 aromatic carbocycles. The van der Waals surface area contributed by atoms with Crippen LogP contribution in [0.15, 0.2) is 0 Å². The lowest BCUT2D eigenvalue weighted by molar-refractivity contribution is -0.120. The van der Waals surface area contributed by atoms with Crippen molar-refractivity contribution >= 4 is 5.78 Å². The summed E-state index contributed by atoms with van der Waals surface area (Å²) in [4.78, 5) is 11.0. The number of Topliss-reactive ketones (excluding diaryl/α,β-unsaturated/α-hetero) is 1. The Morgan fingerprint density at radius 3 is 2.62 bits per heavy atom. The maximum atomic E-state index is 11.0. The van der Waals surface area contributed by atoms with Gasteiger partial charge in [0.2, 0.25) is 0 Å². The monoisotopic (exact) mass is 107 g/mol. The van der Waals surface area contributed by atoms with Crippen molar-refractivity contribution in [1.82, 2.24) is 0 Å². The van der Waals surface area contributed by atoms with E-state index in [1.54, 1.807) is 0 Å². The van der Waals surface area contributed by atoms with Gasteiger partial charge in [-0.3, -0.25) is 4.79 Å². The highest BCUT2D eigenvalue weighted by molar-refractivity contribution is 5.94. The van der Waals surface area contributed by atoms with E-state index in [1.807, 2.05) is 0 Å². The van der Waals surface area contributed by atoms with Crippen molar-refractivity contribution in [2.45, 2.75) is 6.42 Å². The Morgan fingerprint density at radius 2 is 2.50 bits per heavy atom. The topological polar surface area (TPSA) is 17.1 Å². The van der Waals surface area contributed by atoms with Crippen LogP contribution in [0.2, 0.25) is 0 Å². The summed E-state index contributed by atoms with van der Waals surface area (Å²) in [5.41, 5.74) is 0. The molecule has 0 amide bonds. The SMILES string of the molecule is O=C1C2[CH]C3C(C2)C13. The molecule has 4 rings (SSSR count). The molecule has 0 spiro atoms. The predicted molar refractivity (Wildman–Crippen MR) is 27.9 cm³/mol. The Kier molecular flexibility index (Phi) is 0.352. The molecule has 0 N–H and O–H groups in total. The van der Waals surface area contributed by atoms with E-state index in [0.717, 1.165) is 11.8 Å². The van der Waals surface area contributed by atoms with Crippen molar-refractivity contribution in [3.8, 4) is 0 Å². The fraction of sp³-hybridized carbons (Fsp3) is 0.714. The fourth-order valence-electron chi connectivity index (χ4n) is 2.47. The van der Waals surface area contributed by atoms with Gasteiger partial charge >= 0.3 is 0 Å². The van der Waals surface area contributed by atoms with Crippen LogP contribution in [0.1, 0.15) is 6.42 Å². The number of carbonyl (C=O) groups is 1. The van der Waals surface area contributed by atoms with Crippen LogP contribution in [0.4, 0.5) is 0 Å². The highest BCUT2D eigenvalue weighted by atomic mass is 16.1. The number of ketones is 1. The third kappa shape index (κ3) is 0.188. The molecular weight excluding hydrogens is 100 g/mol. The van der Waals surface area contributed by atoms with E-state index in [4.69, 9.17) is 0 Å². The molecule has 4 aliphatic rings. The van der Waals surface area contributed by atoms with Crippen LogP contribution in [0.5, 0.6) is 0 Å². The van der Waals surface area contributed by atoms with E-state index in [9.17, 15) is 4.79 Å². The summed E-state index contributed by atoms with van der Waals surface area (Å²) in [5, 5.41) is 0. The first-order valence-electron chi connectivity index (χ1n) is 3.26. The maximum absolute atomic E-state index is 11.0. The minimum absolute atomic E-state index is 0.412. The number of hydrogen-bond donors (Lipinski definition) is 0. The van der Waals surface area contributed by atoms with Crippen molar-refractivity contribution in [3.63, 3.8) is 0 Å². The molecule has 1 radical (unpaired) electrons. The maximum Gasteiger partial charge on any atom is 0.139 e. The summed E-state index contributed by atoms with van der Waals surface area (Å²) < 4.78 is 0. The molecule has 4 bridgehead atoms. The van der Waals surface area contributed by atoms with Gasteiger partial charge in [0.25, 0.3) is 0 Å². The predicted octanol–water partition coefficient (Wildman–Crippen LogP) is 0.655. The summed E-state index contributed by atoms with van der Waals surface area (Å²) >= 11 is 0. The Labute approximate surface area is 48.1 Å². The van der Waals surface area contributed by atoms with Crippen molar-refractivity contribution in [3.05, 3.63) is 6.42 Å². The van der Waals surface area contributed by atoms with E-state index in [0.29, 0.717) is 17.6 Å². The van der Waals surface area contributed by atoms with Gasteiger partial charge < -0.3 is 0 Å². The number of hydrogen-bond acceptors (Lipinski definition) is 1. The van der Waals surface area contributed by atoms with Crippen LogP contribution in [-0.4, -0.2) is 5.78 Å². The minimum Gasteiger partial charge on any atom is -0.299 e. The van der Waals surface area contributed by atoms with Crippen LogP contribution in [0.3, 0.4) is 0 Å². The van der Waals surface area contributed by atoms with Crippen LogP contribution >= 0.6 is 0 Å². The Bertz CT molecular complexity index is 157. The lowest BCUT2D eigenvalue weighted by Gasteiger charge is -1.90. The molecule has 4 unspecified atom stereocenters. The van der Waals surface area contributed by atoms with Gasteiger partial charge in [-0.2, -0.15) is 0 Å². The quantitative estimate of drug-likeness (QED) is 0.444. The van der Waals surface area contributed by atoms with E-state index < -0.39 is 0 Å². The van der Waals surface area contributed by atoms with E-state index in [2.05, 4.69) is 6.42 Å². The van der Waals surface area contributed by atoms with Crippen molar-refractivity contribution in [2.75, 3.05) is 0 Å². The summed E-state index contributed by atoms with van der Waals surface area (Å²) in [7, 11) is 0. The Morgan fingerprint density at radius 1 is 1.62 bits per heavy atom. The summed E-state index contributed by atoms with van der Waals surface area (Å²) in [6.07, 6.45) is 3.46. The first kappa shape index (κ1) is 3.65. The largest absolute Gasteiger partial charge is 0.299 e. The van der Waals surface area contributed by atoms with Crippen molar-refractivity contribution in [2.24, 2.45) is 23.7 Å². The molecule has 0 heterocycles. The molecule has 1 heteroatoms. The van der Waals surface area contributed by atoms with Crippen LogP contribution < -0.4 is 0 Å². The number of carbonyl (C=O) groups excluding carboxylic acids is 1. The van der Waals surface area contributed by atoms with E-state index in [-0.39, 0.29) is 0 Å². The molecular formula is C7H7O. The van der Waals surface area contributed by atoms with Gasteiger partial charge in [-0.05, 0) is 24.7 Å². The second kappa shape index (κ2) is 0.772. The Balaban J connectivity index is 2.21. The third-order valence-corrected chi connectivity index (χ3v) is 2.90. The zero-order valence-corrected chi connectivity index (χ0v) is 4.50. The van der Waals surface area contributed by atoms with E-state index in [1.165, 1.54) is 6.42 Å². The van der Waals surface area contributed by atoms with Crippen LogP contribution in [0, 0.1) is 30.1 Å². The first-order valence-corrected chi connectivity index (χ1v) is 3.26. The summed E-state index contributed by atoms with van der Waals surface area (Å²) in [5.74, 6) is 3.08. The molecule has 41 valence electrons. The fourth-order valence-corrected chi connectivity index (χ4v) is 2.47. The molecule has 8 heavy (non-hydrogen) atoms. The molecule has 4 fully saturated rings. The zero-order valence-electron chi connectivity index (χ0n) is 4.50. The Hall–Kier alpha value is -0.330. The summed E-state index contributed by atoms with van der Waals surface area (Å²) in [6, 6.07) is 0. The third-order valence-electron chi connectivity index (χ3n) is 2.90. The molecule has 4 atom stereocenters. The lowest BCUT2D eigenvalue weighted by atomic mass is 10.1. The summed E-state index contributed by atoms with van der Waals surface area (Å²) in [6.45, 7) is 0. The zero-order chi connectivity index (χ0) is 5.30. The van der Waals surface area contributed by atoms with Crippen molar-refractivity contribution < 1.29 is 4.79 Å². The van der Waals surface area contributed by atoms with Crippen LogP contribution in [0.25, 0.3) is 0 Å². The normalized spacial score (nSPS) is 64.8. The highest BCUT2D eigenvalue weighted by Gasteiger charge is 2.68. The molecule has 0 aromatic rings. The van der Waals surface area contributed by atoms with Gasteiger partial charge in [-0.1, -0.05) is 0 Å². The van der Waals surface area contributed by atoms with Gasteiger partial charge in [0.05, 0.1) is 0 Å². The van der Waals surface area contributed by atoms with Gasteiger partial charge in [0, 0.05) is 11.8 Å². The second-order valence-corrected chi connectivity index (χ2v) is 3.20. The van der Waals surface area contributed by atoms with Gasteiger partial charge in [0.1, 0.15) is 5.78 Å². The smallest absolute Gasteiger partial charge is 0.139 e. The lowest BCUT2D eigenvalue weighted by Crippen LogP contribution is -2.00. The molecule has 4 aliphatic carbocycles. The van der Waals surface area contributed by atoms with E-state index >= 15 is 0 Å². The molecule has 0 aliphatic heterocycles. The molecule has 0 saturated heterocycles. The minimum atomic E-state index is 0.412. The highest BCUT2D eigenvalue weighted by Crippen LogP contribution is 2.67. The number of rotatable bonds is 0. The molecule has 4 saturated carbocycles. The second-order valence-electron chi connectivity index (χ2n) is 3.20. The molecule has 0 aromatic heterocycles. The van der Waals surface area contributed by atoms with Gasteiger partial charge in [0.15, 0.2) is 0 Å².